The summed E-state index contributed by atoms with van der Waals surface area (Å²) in [5, 5.41) is 3.17. The first kappa shape index (κ1) is 28.2. The summed E-state index contributed by atoms with van der Waals surface area (Å²) in [6, 6.07) is 9.48. The molecule has 0 saturated heterocycles. The van der Waals surface area contributed by atoms with Crippen molar-refractivity contribution in [3.63, 3.8) is 0 Å². The number of rotatable bonds is 9. The molecule has 2 aromatic rings. The predicted molar refractivity (Wildman–Crippen MR) is 140 cm³/mol. The number of hydrogen-bond donors (Lipinski definition) is 1. The standard InChI is InChI=1S/C25H30Cl2FN3O4S/c1-17(25(33)29-19-9-4-3-5-10-19)30(15-18-8-6-7-11-21(18)26)24(32)16-31(36(2,34)35)20-12-13-23(28)22(27)14-20/h6-8,11-14,17,19H,3-5,9-10,15-16H2,1-2H3,(H,29,33)/t17-/m1/s1. The number of nitrogens with zero attached hydrogens (tertiary/aromatic N) is 2. The van der Waals surface area contributed by atoms with Crippen LogP contribution in [0.1, 0.15) is 44.6 Å². The summed E-state index contributed by atoms with van der Waals surface area (Å²) in [6.07, 6.45) is 5.90. The number of carbonyl (C=O) groups excluding carboxylic acids is 2. The van der Waals surface area contributed by atoms with E-state index in [1.165, 1.54) is 11.0 Å². The molecule has 11 heteroatoms. The Bertz CT molecular complexity index is 1210. The molecule has 0 aromatic heterocycles. The van der Waals surface area contributed by atoms with Crippen molar-refractivity contribution >= 4 is 50.7 Å². The third-order valence-electron chi connectivity index (χ3n) is 6.29. The van der Waals surface area contributed by atoms with Crippen LogP contribution in [0.2, 0.25) is 10.0 Å². The van der Waals surface area contributed by atoms with E-state index in [4.69, 9.17) is 23.2 Å². The molecule has 1 atom stereocenters. The lowest BCUT2D eigenvalue weighted by Gasteiger charge is -2.33. The van der Waals surface area contributed by atoms with Gasteiger partial charge in [-0.1, -0.05) is 60.7 Å². The van der Waals surface area contributed by atoms with Gasteiger partial charge in [0.15, 0.2) is 0 Å². The van der Waals surface area contributed by atoms with Crippen molar-refractivity contribution in [3.05, 3.63) is 63.9 Å². The summed E-state index contributed by atoms with van der Waals surface area (Å²) in [6.45, 7) is 0.998. The molecular weight excluding hydrogens is 528 g/mol. The van der Waals surface area contributed by atoms with Gasteiger partial charge in [-0.2, -0.15) is 0 Å². The van der Waals surface area contributed by atoms with Gasteiger partial charge in [-0.25, -0.2) is 12.8 Å². The Hall–Kier alpha value is -2.36. The van der Waals surface area contributed by atoms with E-state index in [-0.39, 0.29) is 29.2 Å². The summed E-state index contributed by atoms with van der Waals surface area (Å²) in [5.41, 5.74) is 0.648. The van der Waals surface area contributed by atoms with E-state index in [2.05, 4.69) is 5.32 Å². The predicted octanol–water partition coefficient (Wildman–Crippen LogP) is 4.76. The number of sulfonamides is 1. The van der Waals surface area contributed by atoms with E-state index in [0.29, 0.717) is 10.6 Å². The Balaban J connectivity index is 1.89. The number of carbonyl (C=O) groups is 2. The first-order valence-electron chi connectivity index (χ1n) is 11.7. The Kier molecular flexibility index (Phi) is 9.60. The normalized spacial score (nSPS) is 15.2. The number of benzene rings is 2. The maximum absolute atomic E-state index is 13.7. The lowest BCUT2D eigenvalue weighted by molar-refractivity contribution is -0.139. The number of halogens is 3. The van der Waals surface area contributed by atoms with Crippen LogP contribution in [0.5, 0.6) is 0 Å². The zero-order valence-corrected chi connectivity index (χ0v) is 22.5. The van der Waals surface area contributed by atoms with E-state index in [9.17, 15) is 22.4 Å². The first-order valence-corrected chi connectivity index (χ1v) is 14.3. The fourth-order valence-corrected chi connectivity index (χ4v) is 5.43. The van der Waals surface area contributed by atoms with Crippen LogP contribution in [0, 0.1) is 5.82 Å². The second kappa shape index (κ2) is 12.3. The number of anilines is 1. The molecule has 1 N–H and O–H groups in total. The van der Waals surface area contributed by atoms with Crippen molar-refractivity contribution in [3.8, 4) is 0 Å². The quantitative estimate of drug-likeness (QED) is 0.481. The van der Waals surface area contributed by atoms with E-state index in [1.54, 1.807) is 31.2 Å². The van der Waals surface area contributed by atoms with Gasteiger partial charge < -0.3 is 10.2 Å². The van der Waals surface area contributed by atoms with Gasteiger partial charge in [0, 0.05) is 17.6 Å². The van der Waals surface area contributed by atoms with Crippen molar-refractivity contribution in [1.29, 1.82) is 0 Å². The van der Waals surface area contributed by atoms with E-state index in [0.717, 1.165) is 54.8 Å². The van der Waals surface area contributed by atoms with E-state index in [1.807, 2.05) is 0 Å². The number of amides is 2. The molecule has 1 aliphatic carbocycles. The Morgan fingerprint density at radius 1 is 1.08 bits per heavy atom. The molecular formula is C25H30Cl2FN3O4S. The summed E-state index contributed by atoms with van der Waals surface area (Å²) in [5.74, 6) is -1.65. The molecule has 0 unspecified atom stereocenters. The van der Waals surface area contributed by atoms with Gasteiger partial charge >= 0.3 is 0 Å². The molecule has 36 heavy (non-hydrogen) atoms. The highest BCUT2D eigenvalue weighted by Crippen LogP contribution is 2.26. The summed E-state index contributed by atoms with van der Waals surface area (Å²) in [4.78, 5) is 28.0. The molecule has 0 heterocycles. The highest BCUT2D eigenvalue weighted by atomic mass is 35.5. The molecule has 1 saturated carbocycles. The average molecular weight is 559 g/mol. The molecule has 1 aliphatic rings. The molecule has 1 fully saturated rings. The van der Waals surface area contributed by atoms with Crippen molar-refractivity contribution < 1.29 is 22.4 Å². The minimum Gasteiger partial charge on any atom is -0.352 e. The van der Waals surface area contributed by atoms with Gasteiger partial charge in [0.25, 0.3) is 0 Å². The smallest absolute Gasteiger partial charge is 0.244 e. The monoisotopic (exact) mass is 557 g/mol. The molecule has 2 amide bonds. The molecule has 0 spiro atoms. The molecule has 196 valence electrons. The number of hydrogen-bond acceptors (Lipinski definition) is 4. The van der Waals surface area contributed by atoms with E-state index < -0.39 is 34.3 Å². The zero-order valence-electron chi connectivity index (χ0n) is 20.2. The van der Waals surface area contributed by atoms with Crippen LogP contribution in [0.15, 0.2) is 42.5 Å². The van der Waals surface area contributed by atoms with Crippen molar-refractivity contribution in [1.82, 2.24) is 10.2 Å². The van der Waals surface area contributed by atoms with Crippen LogP contribution < -0.4 is 9.62 Å². The van der Waals surface area contributed by atoms with Crippen LogP contribution in [-0.2, 0) is 26.2 Å². The first-order chi connectivity index (χ1) is 17.0. The van der Waals surface area contributed by atoms with Gasteiger partial charge in [0.05, 0.1) is 17.0 Å². The topological polar surface area (TPSA) is 86.8 Å². The fourth-order valence-electron chi connectivity index (χ4n) is 4.22. The molecule has 0 radical (unpaired) electrons. The highest BCUT2D eigenvalue weighted by Gasteiger charge is 2.31. The maximum Gasteiger partial charge on any atom is 0.244 e. The summed E-state index contributed by atoms with van der Waals surface area (Å²) in [7, 11) is -3.95. The Morgan fingerprint density at radius 2 is 1.75 bits per heavy atom. The largest absolute Gasteiger partial charge is 0.352 e. The third kappa shape index (κ3) is 7.33. The van der Waals surface area contributed by atoms with Crippen LogP contribution in [0.3, 0.4) is 0 Å². The van der Waals surface area contributed by atoms with Gasteiger partial charge in [-0.15, -0.1) is 0 Å². The highest BCUT2D eigenvalue weighted by molar-refractivity contribution is 7.92. The SMILES string of the molecule is C[C@H](C(=O)NC1CCCCC1)N(Cc1ccccc1Cl)C(=O)CN(c1ccc(F)c(Cl)c1)S(C)(=O)=O. The fraction of sp³-hybridized carbons (Fsp3) is 0.440. The van der Waals surface area contributed by atoms with Gasteiger partial charge in [-0.05, 0) is 49.6 Å². The summed E-state index contributed by atoms with van der Waals surface area (Å²) >= 11 is 12.2. The van der Waals surface area contributed by atoms with Gasteiger partial charge in [0.2, 0.25) is 21.8 Å². The van der Waals surface area contributed by atoms with Crippen molar-refractivity contribution in [2.45, 2.75) is 57.7 Å². The van der Waals surface area contributed by atoms with Crippen LogP contribution in [0.4, 0.5) is 10.1 Å². The Morgan fingerprint density at radius 3 is 2.36 bits per heavy atom. The molecule has 2 aromatic carbocycles. The number of nitrogens with one attached hydrogen (secondary N) is 1. The molecule has 3 rings (SSSR count). The van der Waals surface area contributed by atoms with Crippen LogP contribution in [-0.4, -0.2) is 50.0 Å². The maximum atomic E-state index is 13.7. The van der Waals surface area contributed by atoms with Crippen molar-refractivity contribution in [2.24, 2.45) is 0 Å². The lowest BCUT2D eigenvalue weighted by atomic mass is 9.95. The van der Waals surface area contributed by atoms with Crippen molar-refractivity contribution in [2.75, 3.05) is 17.1 Å². The van der Waals surface area contributed by atoms with Gasteiger partial charge in [-0.3, -0.25) is 13.9 Å². The molecule has 0 bridgehead atoms. The third-order valence-corrected chi connectivity index (χ3v) is 8.09. The second-order valence-electron chi connectivity index (χ2n) is 9.00. The van der Waals surface area contributed by atoms with Gasteiger partial charge in [0.1, 0.15) is 18.4 Å². The summed E-state index contributed by atoms with van der Waals surface area (Å²) < 4.78 is 39.7. The van der Waals surface area contributed by atoms with E-state index >= 15 is 0 Å². The zero-order chi connectivity index (χ0) is 26.5. The minimum atomic E-state index is -3.95. The van der Waals surface area contributed by atoms with Crippen LogP contribution >= 0.6 is 23.2 Å². The Labute approximate surface area is 221 Å². The minimum absolute atomic E-state index is 0.000460. The molecule has 0 aliphatic heterocycles. The second-order valence-corrected chi connectivity index (χ2v) is 11.7. The lowest BCUT2D eigenvalue weighted by Crippen LogP contribution is -2.53. The average Bonchev–Trinajstić information content (AvgIpc) is 2.83. The molecule has 7 nitrogen and oxygen atoms in total. The van der Waals surface area contributed by atoms with Crippen LogP contribution in [0.25, 0.3) is 0 Å².